The minimum Gasteiger partial charge on any atom is -0.395 e. The summed E-state index contributed by atoms with van der Waals surface area (Å²) in [4.78, 5) is 17.6. The topological polar surface area (TPSA) is 65.5 Å². The molecule has 0 aliphatic carbocycles. The fraction of sp³-hybridized carbons (Fsp3) is 0.538. The fourth-order valence-corrected chi connectivity index (χ4v) is 1.74. The molecule has 0 fully saturated rings. The highest BCUT2D eigenvalue weighted by Gasteiger charge is 2.12. The first-order valence-electron chi connectivity index (χ1n) is 6.45. The largest absolute Gasteiger partial charge is 0.395 e. The van der Waals surface area contributed by atoms with Gasteiger partial charge < -0.3 is 10.0 Å². The van der Waals surface area contributed by atoms with Gasteiger partial charge in [-0.3, -0.25) is 5.32 Å². The van der Waals surface area contributed by atoms with Crippen molar-refractivity contribution in [3.63, 3.8) is 0 Å². The number of aromatic nitrogens is 1. The zero-order valence-corrected chi connectivity index (χ0v) is 11.9. The molecule has 1 heterocycles. The third kappa shape index (κ3) is 5.89. The predicted molar refractivity (Wildman–Crippen MR) is 76.4 cm³/mol. The van der Waals surface area contributed by atoms with Crippen molar-refractivity contribution < 1.29 is 9.90 Å². The molecule has 0 saturated heterocycles. The van der Waals surface area contributed by atoms with E-state index in [1.165, 1.54) is 6.20 Å². The van der Waals surface area contributed by atoms with Crippen molar-refractivity contribution >= 4 is 23.4 Å². The molecule has 19 heavy (non-hydrogen) atoms. The molecule has 5 nitrogen and oxygen atoms in total. The van der Waals surface area contributed by atoms with Crippen molar-refractivity contribution in [2.45, 2.75) is 26.2 Å². The molecule has 1 aromatic heterocycles. The molecule has 0 unspecified atom stereocenters. The summed E-state index contributed by atoms with van der Waals surface area (Å²) in [5.41, 5.74) is 0. The minimum absolute atomic E-state index is 0.0480. The third-order valence-electron chi connectivity index (χ3n) is 2.65. The number of anilines is 1. The maximum absolute atomic E-state index is 12.0. The van der Waals surface area contributed by atoms with E-state index in [1.54, 1.807) is 17.0 Å². The van der Waals surface area contributed by atoms with E-state index in [-0.39, 0.29) is 12.6 Å². The van der Waals surface area contributed by atoms with Gasteiger partial charge >= 0.3 is 6.03 Å². The van der Waals surface area contributed by atoms with Crippen molar-refractivity contribution in [2.24, 2.45) is 0 Å². The Hall–Kier alpha value is -1.33. The van der Waals surface area contributed by atoms with Crippen molar-refractivity contribution in [3.8, 4) is 0 Å². The highest BCUT2D eigenvalue weighted by molar-refractivity contribution is 6.30. The molecular formula is C13H20ClN3O2. The average molecular weight is 286 g/mol. The Morgan fingerprint density at radius 1 is 1.42 bits per heavy atom. The molecule has 0 saturated carbocycles. The van der Waals surface area contributed by atoms with Crippen LogP contribution in [0.1, 0.15) is 26.2 Å². The van der Waals surface area contributed by atoms with Crippen LogP contribution in [-0.2, 0) is 0 Å². The highest BCUT2D eigenvalue weighted by Crippen LogP contribution is 2.10. The number of carbonyl (C=O) groups excluding carboxylic acids is 1. The van der Waals surface area contributed by atoms with E-state index in [4.69, 9.17) is 16.7 Å². The lowest BCUT2D eigenvalue weighted by Crippen LogP contribution is -2.38. The van der Waals surface area contributed by atoms with Gasteiger partial charge in [0.05, 0.1) is 11.6 Å². The standard InChI is InChI=1S/C13H20ClN3O2/c1-2-3-4-7-17(8-9-18)13(19)16-12-6-5-11(14)10-15-12/h5-6,10,18H,2-4,7-9H2,1H3,(H,15,16,19). The Morgan fingerprint density at radius 3 is 2.79 bits per heavy atom. The molecule has 0 atom stereocenters. The number of amides is 2. The van der Waals surface area contributed by atoms with Crippen LogP contribution in [0.2, 0.25) is 5.02 Å². The van der Waals surface area contributed by atoms with Crippen LogP contribution >= 0.6 is 11.6 Å². The highest BCUT2D eigenvalue weighted by atomic mass is 35.5. The lowest BCUT2D eigenvalue weighted by molar-refractivity contribution is 0.187. The lowest BCUT2D eigenvalue weighted by atomic mass is 10.2. The van der Waals surface area contributed by atoms with Crippen molar-refractivity contribution in [1.82, 2.24) is 9.88 Å². The Morgan fingerprint density at radius 2 is 2.21 bits per heavy atom. The molecule has 0 bridgehead atoms. The van der Waals surface area contributed by atoms with Crippen LogP contribution in [-0.4, -0.2) is 40.7 Å². The molecule has 0 spiro atoms. The molecule has 0 aromatic carbocycles. The predicted octanol–water partition coefficient (Wildman–Crippen LogP) is 2.75. The summed E-state index contributed by atoms with van der Waals surface area (Å²) in [5.74, 6) is 0.452. The van der Waals surface area contributed by atoms with Gasteiger partial charge in [-0.1, -0.05) is 31.4 Å². The summed E-state index contributed by atoms with van der Waals surface area (Å²) in [6.07, 6.45) is 4.56. The lowest BCUT2D eigenvalue weighted by Gasteiger charge is -2.21. The van der Waals surface area contributed by atoms with Crippen LogP contribution < -0.4 is 5.32 Å². The number of urea groups is 1. The van der Waals surface area contributed by atoms with E-state index in [9.17, 15) is 4.79 Å². The second-order valence-corrected chi connectivity index (χ2v) is 4.65. The SMILES string of the molecule is CCCCCN(CCO)C(=O)Nc1ccc(Cl)cn1. The van der Waals surface area contributed by atoms with Crippen LogP contribution in [0.15, 0.2) is 18.3 Å². The van der Waals surface area contributed by atoms with Gasteiger partial charge in [0.2, 0.25) is 0 Å². The Bertz CT molecular complexity index is 384. The maximum atomic E-state index is 12.0. The first-order valence-corrected chi connectivity index (χ1v) is 6.83. The summed E-state index contributed by atoms with van der Waals surface area (Å²) in [6, 6.07) is 3.06. The smallest absolute Gasteiger partial charge is 0.323 e. The molecule has 1 rings (SSSR count). The first kappa shape index (κ1) is 15.7. The molecule has 2 N–H and O–H groups in total. The fourth-order valence-electron chi connectivity index (χ4n) is 1.63. The number of rotatable bonds is 7. The first-order chi connectivity index (χ1) is 9.17. The monoisotopic (exact) mass is 285 g/mol. The van der Waals surface area contributed by atoms with E-state index in [2.05, 4.69) is 17.2 Å². The van der Waals surface area contributed by atoms with Gasteiger partial charge in [0.25, 0.3) is 0 Å². The van der Waals surface area contributed by atoms with Crippen LogP contribution in [0.3, 0.4) is 0 Å². The number of nitrogens with zero attached hydrogens (tertiary/aromatic N) is 2. The third-order valence-corrected chi connectivity index (χ3v) is 2.87. The van der Waals surface area contributed by atoms with Gasteiger partial charge in [0, 0.05) is 19.3 Å². The number of unbranched alkanes of at least 4 members (excludes halogenated alkanes) is 2. The van der Waals surface area contributed by atoms with Crippen LogP contribution in [0.5, 0.6) is 0 Å². The number of pyridine rings is 1. The Balaban J connectivity index is 2.53. The zero-order chi connectivity index (χ0) is 14.1. The van der Waals surface area contributed by atoms with Gasteiger partial charge in [-0.2, -0.15) is 0 Å². The quantitative estimate of drug-likeness (QED) is 0.757. The molecule has 0 radical (unpaired) electrons. The van der Waals surface area contributed by atoms with Crippen LogP contribution in [0, 0.1) is 0 Å². The van der Waals surface area contributed by atoms with E-state index < -0.39 is 0 Å². The Labute approximate surface area is 118 Å². The maximum Gasteiger partial charge on any atom is 0.323 e. The number of aliphatic hydroxyl groups is 1. The van der Waals surface area contributed by atoms with Crippen molar-refractivity contribution in [3.05, 3.63) is 23.4 Å². The van der Waals surface area contributed by atoms with E-state index in [1.807, 2.05) is 0 Å². The summed E-state index contributed by atoms with van der Waals surface area (Å²) in [5, 5.41) is 12.2. The van der Waals surface area contributed by atoms with E-state index in [0.717, 1.165) is 19.3 Å². The van der Waals surface area contributed by atoms with Gasteiger partial charge in [0.1, 0.15) is 5.82 Å². The van der Waals surface area contributed by atoms with Gasteiger partial charge in [-0.25, -0.2) is 9.78 Å². The Kier molecular flexibility index (Phi) is 7.22. The summed E-state index contributed by atoms with van der Waals surface area (Å²) in [6.45, 7) is 3.01. The summed E-state index contributed by atoms with van der Waals surface area (Å²) < 4.78 is 0. The second-order valence-electron chi connectivity index (χ2n) is 4.21. The number of halogens is 1. The molecule has 0 aliphatic heterocycles. The van der Waals surface area contributed by atoms with E-state index >= 15 is 0 Å². The number of hydrogen-bond acceptors (Lipinski definition) is 3. The zero-order valence-electron chi connectivity index (χ0n) is 11.1. The van der Waals surface area contributed by atoms with Gasteiger partial charge in [0.15, 0.2) is 0 Å². The minimum atomic E-state index is -0.250. The van der Waals surface area contributed by atoms with E-state index in [0.29, 0.717) is 23.9 Å². The summed E-state index contributed by atoms with van der Waals surface area (Å²) >= 11 is 5.73. The number of carbonyl (C=O) groups is 1. The number of hydrogen-bond donors (Lipinski definition) is 2. The van der Waals surface area contributed by atoms with Gasteiger partial charge in [-0.15, -0.1) is 0 Å². The van der Waals surface area contributed by atoms with Crippen molar-refractivity contribution in [2.75, 3.05) is 25.0 Å². The summed E-state index contributed by atoms with van der Waals surface area (Å²) in [7, 11) is 0. The normalized spacial score (nSPS) is 10.3. The molecule has 0 aliphatic rings. The second kappa shape index (κ2) is 8.72. The molecular weight excluding hydrogens is 266 g/mol. The van der Waals surface area contributed by atoms with Crippen molar-refractivity contribution in [1.29, 1.82) is 0 Å². The molecule has 1 aromatic rings. The van der Waals surface area contributed by atoms with Crippen LogP contribution in [0.4, 0.5) is 10.6 Å². The molecule has 106 valence electrons. The number of aliphatic hydroxyl groups excluding tert-OH is 1. The van der Waals surface area contributed by atoms with Crippen LogP contribution in [0.25, 0.3) is 0 Å². The molecule has 6 heteroatoms. The number of nitrogens with one attached hydrogen (secondary N) is 1. The molecule has 2 amide bonds. The van der Waals surface area contributed by atoms with Gasteiger partial charge in [-0.05, 0) is 18.6 Å². The average Bonchev–Trinajstić information content (AvgIpc) is 2.40.